The van der Waals surface area contributed by atoms with Gasteiger partial charge in [0.05, 0.1) is 10.6 Å². The van der Waals surface area contributed by atoms with E-state index < -0.39 is 10.0 Å². The van der Waals surface area contributed by atoms with Crippen LogP contribution in [0.3, 0.4) is 0 Å². The highest BCUT2D eigenvalue weighted by Crippen LogP contribution is 2.28. The van der Waals surface area contributed by atoms with E-state index in [-0.39, 0.29) is 12.4 Å². The summed E-state index contributed by atoms with van der Waals surface area (Å²) in [6.45, 7) is 2.53. The van der Waals surface area contributed by atoms with E-state index in [1.807, 2.05) is 50.5 Å². The molecule has 0 fully saturated rings. The molecule has 0 unspecified atom stereocenters. The molecule has 0 amide bonds. The Labute approximate surface area is 156 Å². The fourth-order valence-corrected chi connectivity index (χ4v) is 4.44. The molecule has 0 bridgehead atoms. The number of benzene rings is 2. The van der Waals surface area contributed by atoms with Gasteiger partial charge in [-0.25, -0.2) is 8.42 Å². The summed E-state index contributed by atoms with van der Waals surface area (Å²) in [6, 6.07) is 14.8. The number of halogens is 1. The van der Waals surface area contributed by atoms with E-state index in [9.17, 15) is 8.42 Å². The number of anilines is 1. The Morgan fingerprint density at radius 1 is 1.08 bits per heavy atom. The number of rotatable bonds is 4. The summed E-state index contributed by atoms with van der Waals surface area (Å²) < 4.78 is 27.8. The van der Waals surface area contributed by atoms with Crippen LogP contribution in [0.5, 0.6) is 0 Å². The van der Waals surface area contributed by atoms with Gasteiger partial charge in [-0.1, -0.05) is 30.3 Å². The summed E-state index contributed by atoms with van der Waals surface area (Å²) in [4.78, 5) is 2.39. The predicted octanol–water partition coefficient (Wildman–Crippen LogP) is 2.47. The third-order valence-electron chi connectivity index (χ3n) is 4.08. The molecule has 2 aromatic carbocycles. The second-order valence-corrected chi connectivity index (χ2v) is 8.13. The van der Waals surface area contributed by atoms with Crippen LogP contribution in [0.25, 0.3) is 0 Å². The highest BCUT2D eigenvalue weighted by atomic mass is 35.5. The van der Waals surface area contributed by atoms with Gasteiger partial charge < -0.3 is 10.2 Å². The van der Waals surface area contributed by atoms with E-state index in [2.05, 4.69) is 10.2 Å². The maximum atomic E-state index is 13.1. The monoisotopic (exact) mass is 381 g/mol. The summed E-state index contributed by atoms with van der Waals surface area (Å²) in [5.74, 6) is 0. The lowest BCUT2D eigenvalue weighted by Crippen LogP contribution is -2.34. The first-order valence-corrected chi connectivity index (χ1v) is 9.47. The first kappa shape index (κ1) is 19.7. The third-order valence-corrected chi connectivity index (χ3v) is 5.91. The van der Waals surface area contributed by atoms with Crippen LogP contribution in [-0.2, 0) is 23.1 Å². The van der Waals surface area contributed by atoms with Gasteiger partial charge in [-0.2, -0.15) is 0 Å². The zero-order valence-corrected chi connectivity index (χ0v) is 16.1. The molecule has 0 radical (unpaired) electrons. The normalized spacial score (nSPS) is 14.6. The minimum atomic E-state index is -3.56. The number of fused-ring (bicyclic) bond motifs is 1. The van der Waals surface area contributed by atoms with Gasteiger partial charge in [0.2, 0.25) is 0 Å². The van der Waals surface area contributed by atoms with Crippen molar-refractivity contribution in [3.05, 3.63) is 59.7 Å². The van der Waals surface area contributed by atoms with Gasteiger partial charge in [0, 0.05) is 26.2 Å². The van der Waals surface area contributed by atoms with E-state index >= 15 is 0 Å². The van der Waals surface area contributed by atoms with Crippen molar-refractivity contribution in [2.45, 2.75) is 18.0 Å². The minimum Gasteiger partial charge on any atom is -0.311 e. The van der Waals surface area contributed by atoms with E-state index in [1.165, 1.54) is 4.31 Å². The zero-order chi connectivity index (χ0) is 17.2. The molecule has 1 aliphatic heterocycles. The lowest BCUT2D eigenvalue weighted by molar-refractivity contribution is 0.402. The molecule has 3 rings (SSSR count). The number of sulfonamides is 1. The Kier molecular flexibility index (Phi) is 6.46. The quantitative estimate of drug-likeness (QED) is 0.883. The Hall–Kier alpha value is -1.60. The molecule has 0 saturated carbocycles. The topological polar surface area (TPSA) is 52.7 Å². The average molecular weight is 382 g/mol. The van der Waals surface area contributed by atoms with Gasteiger partial charge >= 0.3 is 0 Å². The van der Waals surface area contributed by atoms with Crippen LogP contribution in [0.1, 0.15) is 11.1 Å². The molecule has 7 heteroatoms. The molecule has 2 aromatic rings. The number of nitrogens with one attached hydrogen (secondary N) is 1. The molecule has 0 aromatic heterocycles. The fourth-order valence-electron chi connectivity index (χ4n) is 2.94. The zero-order valence-electron chi connectivity index (χ0n) is 14.5. The van der Waals surface area contributed by atoms with Crippen molar-refractivity contribution >= 4 is 28.1 Å². The van der Waals surface area contributed by atoms with Crippen LogP contribution in [-0.4, -0.2) is 40.5 Å². The Bertz CT molecular complexity index is 807. The summed E-state index contributed by atoms with van der Waals surface area (Å²) in [5, 5.41) is 3.28. The summed E-state index contributed by atoms with van der Waals surface area (Å²) in [6.07, 6.45) is 0. The number of para-hydroxylation sites is 1. The second-order valence-electron chi connectivity index (χ2n) is 6.26. The molecule has 5 nitrogen and oxygen atoms in total. The van der Waals surface area contributed by atoms with E-state index in [0.717, 1.165) is 23.4 Å². The molecule has 0 spiro atoms. The average Bonchev–Trinajstić information content (AvgIpc) is 2.77. The predicted molar refractivity (Wildman–Crippen MR) is 104 cm³/mol. The molecule has 1 aliphatic rings. The summed E-state index contributed by atoms with van der Waals surface area (Å²) >= 11 is 0. The molecule has 0 saturated heterocycles. The van der Waals surface area contributed by atoms with Gasteiger partial charge in [0.15, 0.2) is 0 Å². The van der Waals surface area contributed by atoms with Crippen LogP contribution < -0.4 is 9.62 Å². The highest BCUT2D eigenvalue weighted by molar-refractivity contribution is 7.92. The number of nitrogens with zero attached hydrogens (tertiary/aromatic N) is 2. The van der Waals surface area contributed by atoms with E-state index in [0.29, 0.717) is 24.5 Å². The van der Waals surface area contributed by atoms with Crippen molar-refractivity contribution in [2.24, 2.45) is 0 Å². The van der Waals surface area contributed by atoms with Gasteiger partial charge in [-0.05, 0) is 43.4 Å². The Morgan fingerprint density at radius 2 is 1.76 bits per heavy atom. The molecule has 0 aliphatic carbocycles. The first-order chi connectivity index (χ1) is 11.5. The van der Waals surface area contributed by atoms with E-state index in [4.69, 9.17) is 0 Å². The minimum absolute atomic E-state index is 0. The number of hydrogen-bond acceptors (Lipinski definition) is 4. The highest BCUT2D eigenvalue weighted by Gasteiger charge is 2.27. The standard InChI is InChI=1S/C18H23N3O2S.ClH/c1-20(2)14-15-7-9-17(10-8-15)24(22,23)21-12-11-19-13-16-5-3-4-6-18(16)21;/h3-10,19H,11-14H2,1-2H3;1H. The molecule has 1 N–H and O–H groups in total. The third kappa shape index (κ3) is 4.33. The van der Waals surface area contributed by atoms with Crippen molar-refractivity contribution in [2.75, 3.05) is 31.5 Å². The molecular formula is C18H24ClN3O2S. The second kappa shape index (κ2) is 8.19. The summed E-state index contributed by atoms with van der Waals surface area (Å²) in [7, 11) is 0.419. The van der Waals surface area contributed by atoms with Crippen molar-refractivity contribution in [3.63, 3.8) is 0 Å². The SMILES string of the molecule is CN(C)Cc1ccc(S(=O)(=O)N2CCNCc3ccccc32)cc1.Cl. The Balaban J connectivity index is 0.00000225. The molecule has 136 valence electrons. The molecule has 25 heavy (non-hydrogen) atoms. The van der Waals surface area contributed by atoms with Crippen LogP contribution in [0.4, 0.5) is 5.69 Å². The Morgan fingerprint density at radius 3 is 2.44 bits per heavy atom. The van der Waals surface area contributed by atoms with Crippen LogP contribution >= 0.6 is 12.4 Å². The largest absolute Gasteiger partial charge is 0.311 e. The van der Waals surface area contributed by atoms with E-state index in [1.54, 1.807) is 12.1 Å². The van der Waals surface area contributed by atoms with Crippen LogP contribution in [0.2, 0.25) is 0 Å². The lowest BCUT2D eigenvalue weighted by Gasteiger charge is -2.24. The van der Waals surface area contributed by atoms with Gasteiger partial charge in [-0.3, -0.25) is 4.31 Å². The molecular weight excluding hydrogens is 358 g/mol. The first-order valence-electron chi connectivity index (χ1n) is 8.03. The van der Waals surface area contributed by atoms with Crippen LogP contribution in [0, 0.1) is 0 Å². The maximum Gasteiger partial charge on any atom is 0.264 e. The summed E-state index contributed by atoms with van der Waals surface area (Å²) in [5.41, 5.74) is 2.86. The lowest BCUT2D eigenvalue weighted by atomic mass is 10.2. The van der Waals surface area contributed by atoms with Crippen molar-refractivity contribution in [1.29, 1.82) is 0 Å². The fraction of sp³-hybridized carbons (Fsp3) is 0.333. The molecule has 0 atom stereocenters. The number of hydrogen-bond donors (Lipinski definition) is 1. The van der Waals surface area contributed by atoms with Crippen molar-refractivity contribution in [1.82, 2.24) is 10.2 Å². The molecule has 1 heterocycles. The van der Waals surface area contributed by atoms with Crippen LogP contribution in [0.15, 0.2) is 53.4 Å². The van der Waals surface area contributed by atoms with Crippen molar-refractivity contribution in [3.8, 4) is 0 Å². The van der Waals surface area contributed by atoms with Gasteiger partial charge in [0.25, 0.3) is 10.0 Å². The van der Waals surface area contributed by atoms with Gasteiger partial charge in [0.1, 0.15) is 0 Å². The van der Waals surface area contributed by atoms with Gasteiger partial charge in [-0.15, -0.1) is 12.4 Å². The smallest absolute Gasteiger partial charge is 0.264 e. The maximum absolute atomic E-state index is 13.1. The van der Waals surface area contributed by atoms with Crippen molar-refractivity contribution < 1.29 is 8.42 Å².